The average Bonchev–Trinajstić information content (AvgIpc) is 3.10. The third-order valence-electron chi connectivity index (χ3n) is 4.61. The molecule has 0 atom stereocenters. The SMILES string of the molecule is FC(F)Cn1ncc2nc(N3CCC(F)(F)CC34CC4)cnc21. The van der Waals surface area contributed by atoms with Gasteiger partial charge in [0.1, 0.15) is 17.9 Å². The van der Waals surface area contributed by atoms with E-state index in [-0.39, 0.29) is 25.0 Å². The number of fused-ring (bicyclic) bond motifs is 1. The molecule has 1 saturated carbocycles. The van der Waals surface area contributed by atoms with Crippen LogP contribution in [0.15, 0.2) is 12.4 Å². The summed E-state index contributed by atoms with van der Waals surface area (Å²) in [5.74, 6) is -2.12. The number of anilines is 1. The Balaban J connectivity index is 1.65. The number of hydrogen-bond acceptors (Lipinski definition) is 4. The van der Waals surface area contributed by atoms with E-state index in [0.717, 1.165) is 4.68 Å². The molecule has 0 N–H and O–H groups in total. The first-order valence-electron chi connectivity index (χ1n) is 7.51. The molecular formula is C14H15F4N5. The fourth-order valence-corrected chi connectivity index (χ4v) is 3.37. The Kier molecular flexibility index (Phi) is 3.05. The average molecular weight is 329 g/mol. The molecule has 1 aliphatic heterocycles. The van der Waals surface area contributed by atoms with Gasteiger partial charge in [0, 0.05) is 24.9 Å². The van der Waals surface area contributed by atoms with Crippen LogP contribution in [0.1, 0.15) is 25.7 Å². The van der Waals surface area contributed by atoms with Gasteiger partial charge in [0.15, 0.2) is 5.65 Å². The first kappa shape index (κ1) is 14.6. The van der Waals surface area contributed by atoms with E-state index in [1.54, 1.807) is 0 Å². The van der Waals surface area contributed by atoms with Crippen LogP contribution in [0.25, 0.3) is 11.2 Å². The van der Waals surface area contributed by atoms with Crippen molar-refractivity contribution >= 4 is 17.0 Å². The third-order valence-corrected chi connectivity index (χ3v) is 4.61. The fourth-order valence-electron chi connectivity index (χ4n) is 3.37. The highest BCUT2D eigenvalue weighted by Gasteiger charge is 2.57. The van der Waals surface area contributed by atoms with Gasteiger partial charge in [-0.25, -0.2) is 32.2 Å². The van der Waals surface area contributed by atoms with Crippen molar-refractivity contribution in [2.24, 2.45) is 0 Å². The van der Waals surface area contributed by atoms with E-state index in [9.17, 15) is 17.6 Å². The Morgan fingerprint density at radius 1 is 1.17 bits per heavy atom. The van der Waals surface area contributed by atoms with Gasteiger partial charge >= 0.3 is 0 Å². The lowest BCUT2D eigenvalue weighted by molar-refractivity contribution is -0.0375. The summed E-state index contributed by atoms with van der Waals surface area (Å²) in [7, 11) is 0. The second-order valence-electron chi connectivity index (χ2n) is 6.31. The number of aromatic nitrogens is 4. The van der Waals surface area contributed by atoms with E-state index in [2.05, 4.69) is 15.1 Å². The van der Waals surface area contributed by atoms with Gasteiger partial charge in [0.25, 0.3) is 12.3 Å². The third kappa shape index (κ3) is 2.51. The van der Waals surface area contributed by atoms with Crippen molar-refractivity contribution in [1.29, 1.82) is 0 Å². The molecule has 0 amide bonds. The van der Waals surface area contributed by atoms with Crippen molar-refractivity contribution in [1.82, 2.24) is 19.7 Å². The molecule has 0 radical (unpaired) electrons. The van der Waals surface area contributed by atoms with E-state index in [1.807, 2.05) is 4.90 Å². The Morgan fingerprint density at radius 2 is 1.96 bits per heavy atom. The summed E-state index contributed by atoms with van der Waals surface area (Å²) in [5, 5.41) is 3.87. The molecule has 23 heavy (non-hydrogen) atoms. The van der Waals surface area contributed by atoms with Crippen LogP contribution in [0.3, 0.4) is 0 Å². The maximum Gasteiger partial charge on any atom is 0.258 e. The first-order chi connectivity index (χ1) is 10.9. The molecular weight excluding hydrogens is 314 g/mol. The van der Waals surface area contributed by atoms with Gasteiger partial charge in [0.2, 0.25) is 0 Å². The van der Waals surface area contributed by atoms with Gasteiger partial charge in [0.05, 0.1) is 12.4 Å². The van der Waals surface area contributed by atoms with Crippen molar-refractivity contribution in [3.05, 3.63) is 12.4 Å². The van der Waals surface area contributed by atoms with Crippen LogP contribution in [-0.2, 0) is 6.54 Å². The van der Waals surface area contributed by atoms with Crippen molar-refractivity contribution in [3.63, 3.8) is 0 Å². The standard InChI is InChI=1S/C14H15F4N5/c15-10(16)7-23-12-9(5-20-23)21-11(6-19-12)22-4-3-14(17,18)8-13(22)1-2-13/h5-6,10H,1-4,7-8H2. The Labute approximate surface area is 129 Å². The molecule has 2 aromatic rings. The van der Waals surface area contributed by atoms with E-state index >= 15 is 0 Å². The maximum atomic E-state index is 13.7. The van der Waals surface area contributed by atoms with Crippen molar-refractivity contribution in [2.75, 3.05) is 11.4 Å². The number of hydrogen-bond donors (Lipinski definition) is 0. The minimum atomic E-state index is -2.63. The van der Waals surface area contributed by atoms with Gasteiger partial charge < -0.3 is 4.90 Å². The summed E-state index contributed by atoms with van der Waals surface area (Å²) in [6, 6.07) is 0. The smallest absolute Gasteiger partial charge is 0.258 e. The number of halogens is 4. The Hall–Kier alpha value is -1.93. The van der Waals surface area contributed by atoms with Crippen LogP contribution in [-0.4, -0.2) is 44.2 Å². The minimum absolute atomic E-state index is 0.162. The van der Waals surface area contributed by atoms with Gasteiger partial charge in [-0.15, -0.1) is 0 Å². The molecule has 4 rings (SSSR count). The second kappa shape index (κ2) is 4.78. The molecule has 3 heterocycles. The van der Waals surface area contributed by atoms with Crippen LogP contribution in [0.2, 0.25) is 0 Å². The molecule has 1 saturated heterocycles. The summed E-state index contributed by atoms with van der Waals surface area (Å²) in [6.07, 6.45) is 1.38. The molecule has 124 valence electrons. The zero-order valence-corrected chi connectivity index (χ0v) is 12.2. The highest BCUT2D eigenvalue weighted by atomic mass is 19.3. The van der Waals surface area contributed by atoms with E-state index < -0.39 is 24.4 Å². The van der Waals surface area contributed by atoms with Gasteiger partial charge in [-0.1, -0.05) is 0 Å². The predicted octanol–water partition coefficient (Wildman–Crippen LogP) is 2.86. The highest BCUT2D eigenvalue weighted by molar-refractivity contribution is 5.71. The van der Waals surface area contributed by atoms with E-state index in [0.29, 0.717) is 24.2 Å². The molecule has 2 aliphatic rings. The quantitative estimate of drug-likeness (QED) is 0.813. The van der Waals surface area contributed by atoms with Gasteiger partial charge in [-0.3, -0.25) is 0 Å². The van der Waals surface area contributed by atoms with Crippen LogP contribution in [0.4, 0.5) is 23.4 Å². The molecule has 0 aromatic carbocycles. The zero-order chi connectivity index (χ0) is 16.2. The van der Waals surface area contributed by atoms with Crippen LogP contribution in [0.5, 0.6) is 0 Å². The molecule has 2 fully saturated rings. The molecule has 5 nitrogen and oxygen atoms in total. The number of rotatable bonds is 3. The van der Waals surface area contributed by atoms with Gasteiger partial charge in [-0.2, -0.15) is 5.10 Å². The van der Waals surface area contributed by atoms with Crippen molar-refractivity contribution in [3.8, 4) is 0 Å². The molecule has 2 aromatic heterocycles. The van der Waals surface area contributed by atoms with Crippen molar-refractivity contribution < 1.29 is 17.6 Å². The fraction of sp³-hybridized carbons (Fsp3) is 0.643. The molecule has 1 spiro atoms. The van der Waals surface area contributed by atoms with Crippen LogP contribution >= 0.6 is 0 Å². The summed E-state index contributed by atoms with van der Waals surface area (Å²) >= 11 is 0. The van der Waals surface area contributed by atoms with Gasteiger partial charge in [-0.05, 0) is 12.8 Å². The first-order valence-corrected chi connectivity index (χ1v) is 7.51. The summed E-state index contributed by atoms with van der Waals surface area (Å²) < 4.78 is 53.4. The molecule has 0 unspecified atom stereocenters. The maximum absolute atomic E-state index is 13.7. The largest absolute Gasteiger partial charge is 0.349 e. The van der Waals surface area contributed by atoms with Crippen LogP contribution < -0.4 is 4.90 Å². The normalized spacial score (nSPS) is 22.2. The number of alkyl halides is 4. The lowest BCUT2D eigenvalue weighted by Crippen LogP contribution is -2.49. The van der Waals surface area contributed by atoms with Crippen molar-refractivity contribution in [2.45, 2.75) is 50.1 Å². The Morgan fingerprint density at radius 3 is 2.65 bits per heavy atom. The summed E-state index contributed by atoms with van der Waals surface area (Å²) in [5.41, 5.74) is 0.154. The van der Waals surface area contributed by atoms with E-state index in [4.69, 9.17) is 0 Å². The summed E-state index contributed by atoms with van der Waals surface area (Å²) in [4.78, 5) is 10.5. The highest BCUT2D eigenvalue weighted by Crippen LogP contribution is 2.53. The minimum Gasteiger partial charge on any atom is -0.349 e. The lowest BCUT2D eigenvalue weighted by atomic mass is 9.96. The second-order valence-corrected chi connectivity index (χ2v) is 6.31. The summed E-state index contributed by atoms with van der Waals surface area (Å²) in [6.45, 7) is -0.324. The molecule has 1 aliphatic carbocycles. The zero-order valence-electron chi connectivity index (χ0n) is 12.2. The monoisotopic (exact) mass is 329 g/mol. The van der Waals surface area contributed by atoms with E-state index in [1.165, 1.54) is 12.4 Å². The topological polar surface area (TPSA) is 46.8 Å². The van der Waals surface area contributed by atoms with Crippen LogP contribution in [0, 0.1) is 0 Å². The lowest BCUT2D eigenvalue weighted by Gasteiger charge is -2.40. The predicted molar refractivity (Wildman–Crippen MR) is 74.8 cm³/mol. The molecule has 0 bridgehead atoms. The molecule has 9 heteroatoms. The Bertz CT molecular complexity index is 740. The number of nitrogens with zero attached hydrogens (tertiary/aromatic N) is 5. The number of piperidine rings is 1.